The number of aliphatic hydroxyl groups is 3. The number of likely N-dealkylation sites (tertiary alicyclic amines) is 1. The number of carbonyl (C=O) groups excluding carboxylic acids is 3. The highest BCUT2D eigenvalue weighted by Gasteiger charge is 2.58. The Morgan fingerprint density at radius 3 is 2.22 bits per heavy atom. The number of nitrogens with zero attached hydrogens (tertiary/aromatic N) is 5. The Labute approximate surface area is 346 Å². The number of rotatable bonds is 23. The van der Waals surface area contributed by atoms with Crippen molar-refractivity contribution in [2.24, 2.45) is 11.8 Å². The molecule has 0 bridgehead atoms. The van der Waals surface area contributed by atoms with Crippen LogP contribution in [0.3, 0.4) is 0 Å². The number of fused-ring (bicyclic) bond motifs is 1. The van der Waals surface area contributed by atoms with E-state index in [0.717, 1.165) is 0 Å². The zero-order chi connectivity index (χ0) is 43.7. The predicted molar refractivity (Wildman–Crippen MR) is 202 cm³/mol. The van der Waals surface area contributed by atoms with Crippen LogP contribution in [0, 0.1) is 11.8 Å². The molecular formula is C39H57F2N5O14. The maximum atomic E-state index is 15.2. The van der Waals surface area contributed by atoms with Gasteiger partial charge in [-0.05, 0) is 32.1 Å². The van der Waals surface area contributed by atoms with Crippen molar-refractivity contribution in [2.45, 2.75) is 139 Å². The van der Waals surface area contributed by atoms with Gasteiger partial charge >= 0.3 is 5.97 Å². The van der Waals surface area contributed by atoms with Crippen LogP contribution in [0.5, 0.6) is 0 Å². The van der Waals surface area contributed by atoms with Crippen molar-refractivity contribution >= 4 is 23.7 Å². The quantitative estimate of drug-likeness (QED) is 0.0663. The summed E-state index contributed by atoms with van der Waals surface area (Å²) in [6.45, 7) is 11.9. The molecule has 0 spiro atoms. The first-order chi connectivity index (χ1) is 28.8. The second kappa shape index (κ2) is 21.8. The topological polar surface area (TPSA) is 242 Å². The van der Waals surface area contributed by atoms with Crippen molar-refractivity contribution in [3.8, 4) is 0 Å². The molecule has 336 valence electrons. The van der Waals surface area contributed by atoms with Crippen LogP contribution in [0.25, 0.3) is 0 Å². The maximum absolute atomic E-state index is 15.2. The Morgan fingerprint density at radius 2 is 1.58 bits per heavy atom. The van der Waals surface area contributed by atoms with E-state index in [4.69, 9.17) is 28.4 Å². The molecule has 0 aromatic carbocycles. The summed E-state index contributed by atoms with van der Waals surface area (Å²) in [6, 6.07) is 0. The second-order valence-corrected chi connectivity index (χ2v) is 15.2. The van der Waals surface area contributed by atoms with Crippen LogP contribution in [0.15, 0.2) is 31.5 Å². The molecule has 3 amide bonds. The van der Waals surface area contributed by atoms with Crippen molar-refractivity contribution < 1.29 is 76.8 Å². The number of carboxylic acids is 1. The van der Waals surface area contributed by atoms with E-state index in [1.165, 1.54) is 9.58 Å². The number of alkyl halides is 2. The second-order valence-electron chi connectivity index (χ2n) is 15.2. The fraction of sp³-hybridized carbons (Fsp3) is 0.744. The average Bonchev–Trinajstić information content (AvgIpc) is 3.92. The standard InChI is InChI=1S/C39H57F2N5O14/c1-5-12-25(47)44(13-10-9-11-14-46-35(51)26-22(6-2)57-23(7-3)27(26)36(46)52)19-21-20-45(43-42-21)15-16-55-17-18-56-38-29(41)32(50)33(34(60-38)37(53)54)59-39-28(40)31(49)30(48)24(8-4)58-39/h6-7,20,22-24,26-34,38-39,48-50H,2-3,5,8-19H2,1,4H3,(H,53,54)/t22-,23+,24?,26+,27-,28?,29?,30-,31-,32-,33+,34?,38-,39-/m1/s1. The molecule has 0 aliphatic carbocycles. The summed E-state index contributed by atoms with van der Waals surface area (Å²) in [5.41, 5.74) is 0.548. The van der Waals surface area contributed by atoms with Crippen LogP contribution in [0.2, 0.25) is 0 Å². The number of hydrogen-bond donors (Lipinski definition) is 4. The molecular weight excluding hydrogens is 800 g/mol. The third kappa shape index (κ3) is 10.8. The molecule has 4 aliphatic rings. The summed E-state index contributed by atoms with van der Waals surface area (Å²) < 4.78 is 63.9. The molecule has 4 fully saturated rings. The molecule has 4 saturated heterocycles. The third-order valence-corrected chi connectivity index (χ3v) is 11.1. The highest BCUT2D eigenvalue weighted by atomic mass is 19.1. The molecule has 19 nitrogen and oxygen atoms in total. The van der Waals surface area contributed by atoms with E-state index in [1.54, 1.807) is 30.2 Å². The van der Waals surface area contributed by atoms with E-state index in [1.807, 2.05) is 6.92 Å². The van der Waals surface area contributed by atoms with Gasteiger partial charge < -0.3 is 53.7 Å². The summed E-state index contributed by atoms with van der Waals surface area (Å²) in [6.07, 6.45) is -12.3. The molecule has 4 aliphatic heterocycles. The third-order valence-electron chi connectivity index (χ3n) is 11.1. The van der Waals surface area contributed by atoms with Gasteiger partial charge in [0.15, 0.2) is 31.0 Å². The van der Waals surface area contributed by atoms with Gasteiger partial charge in [-0.15, -0.1) is 18.3 Å². The van der Waals surface area contributed by atoms with Crippen LogP contribution >= 0.6 is 0 Å². The van der Waals surface area contributed by atoms with Crippen molar-refractivity contribution in [1.29, 1.82) is 0 Å². The van der Waals surface area contributed by atoms with Crippen molar-refractivity contribution in [2.75, 3.05) is 32.9 Å². The molecule has 4 unspecified atom stereocenters. The highest BCUT2D eigenvalue weighted by molar-refractivity contribution is 6.06. The number of amides is 3. The predicted octanol–water partition coefficient (Wildman–Crippen LogP) is 0.439. The lowest BCUT2D eigenvalue weighted by atomic mass is 9.89. The SMILES string of the molecule is C=C[C@@H]1O[C@H](C=C)[C@@H]2C(=O)N(CCCCCN(Cc3cn(CCOCCO[C@@H]4OC(C(=O)O)[C@@H](O[C@H]5OC(CC)[C@@H](O)[C@H](O)C5F)[C@H](O)C4F)nn3)C(=O)CCC)C(=O)[C@@H]21. The molecule has 1 aromatic heterocycles. The van der Waals surface area contributed by atoms with Crippen molar-refractivity contribution in [1.82, 2.24) is 24.8 Å². The van der Waals surface area contributed by atoms with Crippen molar-refractivity contribution in [3.05, 3.63) is 37.2 Å². The number of carbonyl (C=O) groups is 4. The Balaban J connectivity index is 1.02. The molecule has 0 saturated carbocycles. The molecule has 60 heavy (non-hydrogen) atoms. The lowest BCUT2D eigenvalue weighted by molar-refractivity contribution is -0.340. The summed E-state index contributed by atoms with van der Waals surface area (Å²) in [4.78, 5) is 54.1. The first-order valence-corrected chi connectivity index (χ1v) is 20.4. The number of carboxylic acid groups (broad SMARTS) is 1. The minimum atomic E-state index is -2.32. The summed E-state index contributed by atoms with van der Waals surface area (Å²) in [5, 5.41) is 48.7. The van der Waals surface area contributed by atoms with E-state index < -0.39 is 91.6 Å². The molecule has 4 N–H and O–H groups in total. The molecule has 5 rings (SSSR count). The number of unbranched alkanes of at least 4 members (excludes halogenated alkanes) is 2. The van der Waals surface area contributed by atoms with Gasteiger partial charge in [-0.1, -0.05) is 31.2 Å². The lowest BCUT2D eigenvalue weighted by Crippen LogP contribution is -2.63. The van der Waals surface area contributed by atoms with Gasteiger partial charge in [0, 0.05) is 19.5 Å². The van der Waals surface area contributed by atoms with Crippen LogP contribution in [0.1, 0.15) is 58.1 Å². The fourth-order valence-electron chi connectivity index (χ4n) is 7.85. The molecule has 21 heteroatoms. The van der Waals surface area contributed by atoms with Crippen LogP contribution in [0.4, 0.5) is 8.78 Å². The van der Waals surface area contributed by atoms with Crippen molar-refractivity contribution in [3.63, 3.8) is 0 Å². The van der Waals surface area contributed by atoms with Crippen LogP contribution in [-0.2, 0) is 60.7 Å². The summed E-state index contributed by atoms with van der Waals surface area (Å²) in [5.74, 6) is -3.40. The van der Waals surface area contributed by atoms with E-state index in [-0.39, 0.29) is 63.6 Å². The first-order valence-electron chi connectivity index (χ1n) is 20.4. The first kappa shape index (κ1) is 47.3. The average molecular weight is 858 g/mol. The minimum absolute atomic E-state index is 0.0425. The normalized spacial score (nSPS) is 34.1. The number of aliphatic carboxylic acids is 1. The van der Waals surface area contributed by atoms with Gasteiger partial charge in [0.25, 0.3) is 0 Å². The van der Waals surface area contributed by atoms with E-state index in [9.17, 15) is 44.0 Å². The van der Waals surface area contributed by atoms with Crippen LogP contribution < -0.4 is 0 Å². The zero-order valence-electron chi connectivity index (χ0n) is 33.8. The Kier molecular flexibility index (Phi) is 17.2. The summed E-state index contributed by atoms with van der Waals surface area (Å²) >= 11 is 0. The van der Waals surface area contributed by atoms with E-state index in [2.05, 4.69) is 23.5 Å². The van der Waals surface area contributed by atoms with E-state index >= 15 is 4.39 Å². The monoisotopic (exact) mass is 857 g/mol. The number of halogens is 2. The zero-order valence-corrected chi connectivity index (χ0v) is 33.8. The molecule has 0 radical (unpaired) electrons. The molecule has 5 heterocycles. The Morgan fingerprint density at radius 1 is 0.900 bits per heavy atom. The van der Waals surface area contributed by atoms with Gasteiger partial charge in [0.05, 0.1) is 69.3 Å². The van der Waals surface area contributed by atoms with Gasteiger partial charge in [0.2, 0.25) is 17.7 Å². The van der Waals surface area contributed by atoms with Gasteiger partial charge in [-0.3, -0.25) is 19.3 Å². The van der Waals surface area contributed by atoms with Gasteiger partial charge in [-0.25, -0.2) is 18.3 Å². The smallest absolute Gasteiger partial charge is 0.335 e. The van der Waals surface area contributed by atoms with E-state index in [0.29, 0.717) is 44.3 Å². The van der Waals surface area contributed by atoms with Gasteiger partial charge in [0.1, 0.15) is 30.1 Å². The maximum Gasteiger partial charge on any atom is 0.335 e. The molecule has 14 atom stereocenters. The number of hydrogen-bond acceptors (Lipinski definition) is 15. The van der Waals surface area contributed by atoms with Crippen LogP contribution in [-0.4, -0.2) is 176 Å². The molecule has 1 aromatic rings. The number of aromatic nitrogens is 3. The largest absolute Gasteiger partial charge is 0.479 e. The Bertz CT molecular complexity index is 1610. The minimum Gasteiger partial charge on any atom is -0.479 e. The fourth-order valence-corrected chi connectivity index (χ4v) is 7.85. The number of imide groups is 1. The highest BCUT2D eigenvalue weighted by Crippen LogP contribution is 2.41. The Hall–Kier alpha value is -3.80. The number of ether oxygens (including phenoxy) is 6. The number of aliphatic hydroxyl groups excluding tert-OH is 3. The lowest BCUT2D eigenvalue weighted by Gasteiger charge is -2.44. The van der Waals surface area contributed by atoms with Gasteiger partial charge in [-0.2, -0.15) is 0 Å². The summed E-state index contributed by atoms with van der Waals surface area (Å²) in [7, 11) is 0.